The van der Waals surface area contributed by atoms with Gasteiger partial charge in [-0.25, -0.2) is 19.9 Å². The van der Waals surface area contributed by atoms with Crippen LogP contribution in [0.5, 0.6) is 0 Å². The van der Waals surface area contributed by atoms with Gasteiger partial charge in [0.1, 0.15) is 12.0 Å². The van der Waals surface area contributed by atoms with Gasteiger partial charge in [0.25, 0.3) is 5.91 Å². The average Bonchev–Trinajstić information content (AvgIpc) is 2.74. The number of amides is 1. The summed E-state index contributed by atoms with van der Waals surface area (Å²) in [5.74, 6) is -0.0284. The molecule has 10 heteroatoms. The first kappa shape index (κ1) is 20.9. The lowest BCUT2D eigenvalue weighted by Gasteiger charge is -2.11. The van der Waals surface area contributed by atoms with Crippen molar-refractivity contribution in [1.29, 1.82) is 0 Å². The lowest BCUT2D eigenvalue weighted by Crippen LogP contribution is -2.15. The normalized spacial score (nSPS) is 11.5. The quantitative estimate of drug-likeness (QED) is 0.416. The van der Waals surface area contributed by atoms with Crippen molar-refractivity contribution in [1.82, 2.24) is 19.9 Å². The lowest BCUT2D eigenvalue weighted by molar-refractivity contribution is -0.137. The maximum atomic E-state index is 12.9. The molecular weight excluding hydrogens is 475 g/mol. The summed E-state index contributed by atoms with van der Waals surface area (Å²) in [6.45, 7) is 1.81. The molecule has 0 aliphatic heterocycles. The SMILES string of the molecule is Cc1cc(-c2ncc3cc(C(F)(F)F)ccc3n2)ccc1NC(=O)c1ncncc1Br. The van der Waals surface area contributed by atoms with Crippen molar-refractivity contribution in [2.24, 2.45) is 0 Å². The van der Waals surface area contributed by atoms with Gasteiger partial charge in [0.15, 0.2) is 5.82 Å². The number of halogens is 4. The van der Waals surface area contributed by atoms with Crippen LogP contribution in [0, 0.1) is 6.92 Å². The summed E-state index contributed by atoms with van der Waals surface area (Å²) in [6.07, 6.45) is -0.298. The lowest BCUT2D eigenvalue weighted by atomic mass is 10.1. The molecule has 0 bridgehead atoms. The van der Waals surface area contributed by atoms with Gasteiger partial charge in [0.05, 0.1) is 15.6 Å². The standard InChI is InChI=1S/C21H13BrF3N5O/c1-11-6-12(2-4-16(11)30-20(31)18-15(22)9-26-10-28-18)19-27-8-13-7-14(21(23,24)25)3-5-17(13)29-19/h2-10H,1H3,(H,30,31). The van der Waals surface area contributed by atoms with E-state index in [2.05, 4.69) is 41.2 Å². The summed E-state index contributed by atoms with van der Waals surface area (Å²) in [7, 11) is 0. The molecule has 4 rings (SSSR count). The van der Waals surface area contributed by atoms with Gasteiger partial charge in [-0.1, -0.05) is 0 Å². The van der Waals surface area contributed by atoms with Crippen molar-refractivity contribution < 1.29 is 18.0 Å². The third kappa shape index (κ3) is 4.38. The summed E-state index contributed by atoms with van der Waals surface area (Å²) >= 11 is 3.24. The second kappa shape index (κ2) is 8.03. The van der Waals surface area contributed by atoms with Crippen LogP contribution < -0.4 is 5.32 Å². The molecule has 1 amide bonds. The van der Waals surface area contributed by atoms with Gasteiger partial charge in [-0.2, -0.15) is 13.2 Å². The van der Waals surface area contributed by atoms with E-state index in [0.717, 1.165) is 17.7 Å². The number of hydrogen-bond donors (Lipinski definition) is 1. The van der Waals surface area contributed by atoms with Crippen molar-refractivity contribution >= 4 is 38.4 Å². The second-order valence-electron chi connectivity index (χ2n) is 6.67. The van der Waals surface area contributed by atoms with Crippen LogP contribution in [0.2, 0.25) is 0 Å². The molecule has 156 valence electrons. The summed E-state index contributed by atoms with van der Waals surface area (Å²) in [6, 6.07) is 8.56. The first-order valence-corrected chi connectivity index (χ1v) is 9.73. The number of carbonyl (C=O) groups is 1. The van der Waals surface area contributed by atoms with E-state index in [4.69, 9.17) is 0 Å². The molecular formula is C21H13BrF3N5O. The average molecular weight is 488 g/mol. The van der Waals surface area contributed by atoms with Crippen LogP contribution in [-0.2, 0) is 6.18 Å². The molecule has 0 radical (unpaired) electrons. The van der Waals surface area contributed by atoms with Crippen molar-refractivity contribution in [3.8, 4) is 11.4 Å². The Hall–Kier alpha value is -3.40. The van der Waals surface area contributed by atoms with Gasteiger partial charge < -0.3 is 5.32 Å². The molecule has 6 nitrogen and oxygen atoms in total. The number of nitrogens with one attached hydrogen (secondary N) is 1. The number of hydrogen-bond acceptors (Lipinski definition) is 5. The van der Waals surface area contributed by atoms with E-state index in [9.17, 15) is 18.0 Å². The smallest absolute Gasteiger partial charge is 0.320 e. The molecule has 0 unspecified atom stereocenters. The monoisotopic (exact) mass is 487 g/mol. The maximum absolute atomic E-state index is 12.9. The Bertz CT molecular complexity index is 1310. The maximum Gasteiger partial charge on any atom is 0.416 e. The molecule has 0 fully saturated rings. The predicted octanol–water partition coefficient (Wildman–Crippen LogP) is 5.43. The summed E-state index contributed by atoms with van der Waals surface area (Å²) in [5.41, 5.74) is 1.86. The van der Waals surface area contributed by atoms with E-state index in [1.807, 2.05) is 6.92 Å². The Labute approximate surface area is 182 Å². The summed E-state index contributed by atoms with van der Waals surface area (Å²) < 4.78 is 39.1. The molecule has 31 heavy (non-hydrogen) atoms. The minimum Gasteiger partial charge on any atom is -0.320 e. The van der Waals surface area contributed by atoms with Gasteiger partial charge in [-0.3, -0.25) is 4.79 Å². The fraction of sp³-hybridized carbons (Fsp3) is 0.0952. The highest BCUT2D eigenvalue weighted by Gasteiger charge is 2.30. The molecule has 0 aliphatic rings. The molecule has 1 N–H and O–H groups in total. The fourth-order valence-electron chi connectivity index (χ4n) is 2.95. The fourth-order valence-corrected chi connectivity index (χ4v) is 3.35. The van der Waals surface area contributed by atoms with Crippen molar-refractivity contribution in [2.75, 3.05) is 5.32 Å². The first-order chi connectivity index (χ1) is 14.7. The highest BCUT2D eigenvalue weighted by atomic mass is 79.9. The number of nitrogens with zero attached hydrogens (tertiary/aromatic N) is 4. The molecule has 0 atom stereocenters. The number of alkyl halides is 3. The molecule has 0 saturated heterocycles. The molecule has 4 aromatic rings. The van der Waals surface area contributed by atoms with Gasteiger partial charge in [0, 0.05) is 29.0 Å². The Morgan fingerprint density at radius 1 is 1.06 bits per heavy atom. The van der Waals surface area contributed by atoms with Crippen molar-refractivity contribution in [2.45, 2.75) is 13.1 Å². The first-order valence-electron chi connectivity index (χ1n) is 8.94. The predicted molar refractivity (Wildman–Crippen MR) is 112 cm³/mol. The third-order valence-electron chi connectivity index (χ3n) is 4.52. The zero-order chi connectivity index (χ0) is 22.2. The number of carbonyl (C=O) groups excluding carboxylic acids is 1. The van der Waals surface area contributed by atoms with Crippen LogP contribution in [0.25, 0.3) is 22.3 Å². The Kier molecular flexibility index (Phi) is 5.40. The van der Waals surface area contributed by atoms with Crippen LogP contribution in [0.3, 0.4) is 0 Å². The van der Waals surface area contributed by atoms with Gasteiger partial charge in [-0.15, -0.1) is 0 Å². The topological polar surface area (TPSA) is 80.7 Å². The van der Waals surface area contributed by atoms with Crippen LogP contribution >= 0.6 is 15.9 Å². The van der Waals surface area contributed by atoms with Gasteiger partial charge in [-0.05, 0) is 64.8 Å². The van der Waals surface area contributed by atoms with Crippen LogP contribution in [-0.4, -0.2) is 25.8 Å². The van der Waals surface area contributed by atoms with E-state index in [1.54, 1.807) is 18.2 Å². The zero-order valence-electron chi connectivity index (χ0n) is 15.9. The number of aromatic nitrogens is 4. The zero-order valence-corrected chi connectivity index (χ0v) is 17.5. The number of anilines is 1. The summed E-state index contributed by atoms with van der Waals surface area (Å²) in [5, 5.41) is 3.09. The number of benzene rings is 2. The van der Waals surface area contributed by atoms with E-state index in [0.29, 0.717) is 32.5 Å². The Balaban J connectivity index is 1.61. The van der Waals surface area contributed by atoms with Gasteiger partial charge >= 0.3 is 6.18 Å². The van der Waals surface area contributed by atoms with E-state index in [-0.39, 0.29) is 5.69 Å². The molecule has 2 heterocycles. The molecule has 2 aromatic heterocycles. The number of aryl methyl sites for hydroxylation is 1. The van der Waals surface area contributed by atoms with Crippen molar-refractivity contribution in [3.05, 3.63) is 76.4 Å². The number of rotatable bonds is 3. The van der Waals surface area contributed by atoms with E-state index in [1.165, 1.54) is 24.8 Å². The molecule has 0 spiro atoms. The molecule has 2 aromatic carbocycles. The van der Waals surface area contributed by atoms with Gasteiger partial charge in [0.2, 0.25) is 0 Å². The second-order valence-corrected chi connectivity index (χ2v) is 7.52. The van der Waals surface area contributed by atoms with Crippen LogP contribution in [0.1, 0.15) is 21.6 Å². The van der Waals surface area contributed by atoms with Crippen LogP contribution in [0.15, 0.2) is 59.6 Å². The van der Waals surface area contributed by atoms with E-state index >= 15 is 0 Å². The number of fused-ring (bicyclic) bond motifs is 1. The Morgan fingerprint density at radius 2 is 1.87 bits per heavy atom. The van der Waals surface area contributed by atoms with E-state index < -0.39 is 17.6 Å². The minimum absolute atomic E-state index is 0.203. The Morgan fingerprint density at radius 3 is 2.58 bits per heavy atom. The highest BCUT2D eigenvalue weighted by molar-refractivity contribution is 9.10. The largest absolute Gasteiger partial charge is 0.416 e. The third-order valence-corrected chi connectivity index (χ3v) is 5.10. The van der Waals surface area contributed by atoms with Crippen LogP contribution in [0.4, 0.5) is 18.9 Å². The molecule has 0 saturated carbocycles. The molecule has 0 aliphatic carbocycles. The minimum atomic E-state index is -4.42. The summed E-state index contributed by atoms with van der Waals surface area (Å²) in [4.78, 5) is 28.8. The highest BCUT2D eigenvalue weighted by Crippen LogP contribution is 2.31. The van der Waals surface area contributed by atoms with Crippen molar-refractivity contribution in [3.63, 3.8) is 0 Å².